The van der Waals surface area contributed by atoms with Gasteiger partial charge in [0.2, 0.25) is 0 Å². The first-order valence-corrected chi connectivity index (χ1v) is 7.71. The van der Waals surface area contributed by atoms with Gasteiger partial charge in [0.05, 0.1) is 6.04 Å². The molecule has 1 fully saturated rings. The minimum atomic E-state index is 0.508. The van der Waals surface area contributed by atoms with Gasteiger partial charge >= 0.3 is 0 Å². The van der Waals surface area contributed by atoms with E-state index in [9.17, 15) is 0 Å². The average Bonchev–Trinajstić information content (AvgIpc) is 2.48. The molecule has 0 N–H and O–H groups in total. The summed E-state index contributed by atoms with van der Waals surface area (Å²) in [5, 5.41) is 0. The van der Waals surface area contributed by atoms with Crippen LogP contribution in [-0.4, -0.2) is 6.54 Å². The third kappa shape index (κ3) is 2.84. The Kier molecular flexibility index (Phi) is 3.88. The molecule has 19 heavy (non-hydrogen) atoms. The van der Waals surface area contributed by atoms with E-state index in [0.29, 0.717) is 6.04 Å². The van der Waals surface area contributed by atoms with E-state index in [0.717, 1.165) is 6.54 Å². The van der Waals surface area contributed by atoms with Crippen molar-refractivity contribution in [2.45, 2.75) is 25.3 Å². The molecule has 0 spiro atoms. The molecule has 2 aromatic rings. The van der Waals surface area contributed by atoms with Crippen molar-refractivity contribution in [3.63, 3.8) is 0 Å². The third-order valence-electron chi connectivity index (χ3n) is 3.82. The van der Waals surface area contributed by atoms with Gasteiger partial charge in [0.25, 0.3) is 0 Å². The summed E-state index contributed by atoms with van der Waals surface area (Å²) >= 11 is 3.59. The number of benzene rings is 2. The molecule has 2 heteroatoms. The summed E-state index contributed by atoms with van der Waals surface area (Å²) in [5.74, 6) is 0. The molecule has 3 rings (SSSR count). The molecule has 2 aromatic carbocycles. The molecule has 0 saturated carbocycles. The predicted molar refractivity (Wildman–Crippen MR) is 84.5 cm³/mol. The van der Waals surface area contributed by atoms with E-state index < -0.39 is 0 Å². The number of rotatable bonds is 2. The molecule has 98 valence electrons. The van der Waals surface area contributed by atoms with Crippen molar-refractivity contribution < 1.29 is 0 Å². The van der Waals surface area contributed by atoms with Gasteiger partial charge in [-0.3, -0.25) is 0 Å². The number of piperidine rings is 1. The summed E-state index contributed by atoms with van der Waals surface area (Å²) < 4.78 is 1.17. The van der Waals surface area contributed by atoms with Crippen molar-refractivity contribution in [3.05, 3.63) is 64.6 Å². The van der Waals surface area contributed by atoms with Gasteiger partial charge in [-0.05, 0) is 49.1 Å². The Bertz CT molecular complexity index is 538. The highest BCUT2D eigenvalue weighted by Gasteiger charge is 2.24. The van der Waals surface area contributed by atoms with Crippen molar-refractivity contribution in [3.8, 4) is 0 Å². The van der Waals surface area contributed by atoms with Crippen molar-refractivity contribution in [1.29, 1.82) is 0 Å². The highest BCUT2D eigenvalue weighted by Crippen LogP contribution is 2.35. The fourth-order valence-electron chi connectivity index (χ4n) is 2.92. The van der Waals surface area contributed by atoms with Gasteiger partial charge in [-0.2, -0.15) is 0 Å². The summed E-state index contributed by atoms with van der Waals surface area (Å²) in [7, 11) is 0. The van der Waals surface area contributed by atoms with Crippen LogP contribution in [0.3, 0.4) is 0 Å². The molecule has 1 unspecified atom stereocenters. The number of hydrogen-bond donors (Lipinski definition) is 0. The first kappa shape index (κ1) is 12.7. The molecule has 1 heterocycles. The number of hydrogen-bond acceptors (Lipinski definition) is 1. The van der Waals surface area contributed by atoms with Crippen molar-refractivity contribution >= 4 is 21.6 Å². The maximum absolute atomic E-state index is 3.59. The van der Waals surface area contributed by atoms with E-state index in [2.05, 4.69) is 75.4 Å². The van der Waals surface area contributed by atoms with Gasteiger partial charge in [-0.25, -0.2) is 0 Å². The largest absolute Gasteiger partial charge is 0.364 e. The summed E-state index contributed by atoms with van der Waals surface area (Å²) in [6, 6.07) is 20.0. The lowest BCUT2D eigenvalue weighted by Gasteiger charge is -2.38. The smallest absolute Gasteiger partial charge is 0.0542 e. The SMILES string of the molecule is Brc1cccc(C2CCCCN2c2ccccc2)c1. The minimum absolute atomic E-state index is 0.508. The maximum atomic E-state index is 3.59. The lowest BCUT2D eigenvalue weighted by molar-refractivity contribution is 0.473. The Balaban J connectivity index is 1.93. The predicted octanol–water partition coefficient (Wildman–Crippen LogP) is 5.18. The lowest BCUT2D eigenvalue weighted by atomic mass is 9.94. The topological polar surface area (TPSA) is 3.24 Å². The molecule has 1 aliphatic heterocycles. The number of halogens is 1. The second kappa shape index (κ2) is 5.79. The zero-order valence-corrected chi connectivity index (χ0v) is 12.5. The summed E-state index contributed by atoms with van der Waals surface area (Å²) in [4.78, 5) is 2.55. The zero-order valence-electron chi connectivity index (χ0n) is 10.9. The summed E-state index contributed by atoms with van der Waals surface area (Å²) in [6.07, 6.45) is 3.85. The van der Waals surface area contributed by atoms with E-state index in [-0.39, 0.29) is 0 Å². The fraction of sp³-hybridized carbons (Fsp3) is 0.294. The zero-order chi connectivity index (χ0) is 13.1. The van der Waals surface area contributed by atoms with Gasteiger partial charge in [-0.1, -0.05) is 46.3 Å². The minimum Gasteiger partial charge on any atom is -0.364 e. The third-order valence-corrected chi connectivity index (χ3v) is 4.32. The van der Waals surface area contributed by atoms with E-state index in [1.807, 2.05) is 0 Å². The fourth-order valence-corrected chi connectivity index (χ4v) is 3.34. The Hall–Kier alpha value is -1.28. The van der Waals surface area contributed by atoms with Crippen LogP contribution in [0.15, 0.2) is 59.1 Å². The van der Waals surface area contributed by atoms with Crippen LogP contribution in [0.5, 0.6) is 0 Å². The van der Waals surface area contributed by atoms with Gasteiger partial charge in [0.15, 0.2) is 0 Å². The second-order valence-electron chi connectivity index (χ2n) is 5.10. The van der Waals surface area contributed by atoms with E-state index in [1.54, 1.807) is 0 Å². The van der Waals surface area contributed by atoms with Crippen LogP contribution in [0, 0.1) is 0 Å². The van der Waals surface area contributed by atoms with Gasteiger partial charge in [0.1, 0.15) is 0 Å². The van der Waals surface area contributed by atoms with Crippen LogP contribution < -0.4 is 4.90 Å². The molecule has 1 atom stereocenters. The lowest BCUT2D eigenvalue weighted by Crippen LogP contribution is -2.33. The van der Waals surface area contributed by atoms with Gasteiger partial charge < -0.3 is 4.90 Å². The van der Waals surface area contributed by atoms with Gasteiger partial charge in [-0.15, -0.1) is 0 Å². The van der Waals surface area contributed by atoms with Gasteiger partial charge in [0, 0.05) is 16.7 Å². The first-order chi connectivity index (χ1) is 9.34. The molecule has 0 aliphatic carbocycles. The highest BCUT2D eigenvalue weighted by atomic mass is 79.9. The van der Waals surface area contributed by atoms with Crippen molar-refractivity contribution in [2.24, 2.45) is 0 Å². The van der Waals surface area contributed by atoms with E-state index in [4.69, 9.17) is 0 Å². The number of anilines is 1. The Labute approximate surface area is 123 Å². The monoisotopic (exact) mass is 315 g/mol. The molecule has 0 bridgehead atoms. The number of para-hydroxylation sites is 1. The van der Waals surface area contributed by atoms with Crippen molar-refractivity contribution in [2.75, 3.05) is 11.4 Å². The van der Waals surface area contributed by atoms with Crippen LogP contribution in [-0.2, 0) is 0 Å². The van der Waals surface area contributed by atoms with Crippen LogP contribution >= 0.6 is 15.9 Å². The summed E-state index contributed by atoms with van der Waals surface area (Å²) in [5.41, 5.74) is 2.75. The molecule has 0 radical (unpaired) electrons. The Morgan fingerprint density at radius 3 is 2.58 bits per heavy atom. The molecule has 0 amide bonds. The average molecular weight is 316 g/mol. The molecule has 1 aliphatic rings. The Morgan fingerprint density at radius 1 is 0.947 bits per heavy atom. The molecule has 0 aromatic heterocycles. The summed E-state index contributed by atoms with van der Waals surface area (Å²) in [6.45, 7) is 1.15. The normalized spacial score (nSPS) is 19.4. The van der Waals surface area contributed by atoms with Crippen LogP contribution in [0.1, 0.15) is 30.9 Å². The standard InChI is InChI=1S/C17H18BrN/c18-15-8-6-7-14(13-15)17-11-4-5-12-19(17)16-9-2-1-3-10-16/h1-3,6-10,13,17H,4-5,11-12H2. The quantitative estimate of drug-likeness (QED) is 0.738. The first-order valence-electron chi connectivity index (χ1n) is 6.92. The van der Waals surface area contributed by atoms with Crippen molar-refractivity contribution in [1.82, 2.24) is 0 Å². The molecule has 1 saturated heterocycles. The van der Waals surface area contributed by atoms with Crippen LogP contribution in [0.4, 0.5) is 5.69 Å². The van der Waals surface area contributed by atoms with E-state index >= 15 is 0 Å². The Morgan fingerprint density at radius 2 is 1.79 bits per heavy atom. The maximum Gasteiger partial charge on any atom is 0.0542 e. The van der Waals surface area contributed by atoms with E-state index in [1.165, 1.54) is 35.0 Å². The van der Waals surface area contributed by atoms with Crippen LogP contribution in [0.2, 0.25) is 0 Å². The number of nitrogens with zero attached hydrogens (tertiary/aromatic N) is 1. The molecular weight excluding hydrogens is 298 g/mol. The highest BCUT2D eigenvalue weighted by molar-refractivity contribution is 9.10. The molecular formula is C17H18BrN. The van der Waals surface area contributed by atoms with Crippen LogP contribution in [0.25, 0.3) is 0 Å². The molecule has 1 nitrogen and oxygen atoms in total. The second-order valence-corrected chi connectivity index (χ2v) is 6.01.